The summed E-state index contributed by atoms with van der Waals surface area (Å²) in [4.78, 5) is 12.0. The number of hydrogen-bond acceptors (Lipinski definition) is 6. The molecule has 120 valence electrons. The van der Waals surface area contributed by atoms with Crippen molar-refractivity contribution in [3.8, 4) is 11.4 Å². The lowest BCUT2D eigenvalue weighted by molar-refractivity contribution is 0.0955. The van der Waals surface area contributed by atoms with Crippen molar-refractivity contribution in [1.29, 1.82) is 0 Å². The predicted molar refractivity (Wildman–Crippen MR) is 87.2 cm³/mol. The van der Waals surface area contributed by atoms with Gasteiger partial charge in [0.2, 0.25) is 0 Å². The number of aromatic nitrogens is 4. The summed E-state index contributed by atoms with van der Waals surface area (Å²) in [6.45, 7) is 0. The normalized spacial score (nSPS) is 10.7. The summed E-state index contributed by atoms with van der Waals surface area (Å²) >= 11 is 0. The molecule has 3 rings (SSSR count). The number of nitrogens with one attached hydrogen (secondary N) is 1. The molecule has 0 bridgehead atoms. The first kappa shape index (κ1) is 15.3. The maximum atomic E-state index is 12.0. The van der Waals surface area contributed by atoms with Crippen molar-refractivity contribution in [3.05, 3.63) is 66.0 Å². The van der Waals surface area contributed by atoms with Crippen LogP contribution >= 0.6 is 0 Å². The van der Waals surface area contributed by atoms with Crippen LogP contribution in [0.5, 0.6) is 5.75 Å². The van der Waals surface area contributed by atoms with Crippen LogP contribution in [-0.2, 0) is 0 Å². The Kier molecular flexibility index (Phi) is 4.57. The second kappa shape index (κ2) is 7.14. The van der Waals surface area contributed by atoms with Gasteiger partial charge in [0.15, 0.2) is 0 Å². The van der Waals surface area contributed by atoms with E-state index in [1.807, 2.05) is 24.3 Å². The van der Waals surface area contributed by atoms with Gasteiger partial charge in [-0.15, -0.1) is 5.10 Å². The lowest BCUT2D eigenvalue weighted by Crippen LogP contribution is -2.17. The van der Waals surface area contributed by atoms with Gasteiger partial charge < -0.3 is 4.74 Å². The summed E-state index contributed by atoms with van der Waals surface area (Å²) in [5, 5.41) is 14.8. The highest BCUT2D eigenvalue weighted by molar-refractivity contribution is 5.95. The van der Waals surface area contributed by atoms with Crippen LogP contribution in [0.15, 0.2) is 60.0 Å². The third-order valence-corrected chi connectivity index (χ3v) is 3.24. The Labute approximate surface area is 137 Å². The number of ether oxygens (including phenoxy) is 1. The summed E-state index contributed by atoms with van der Waals surface area (Å²) in [7, 11) is 1.61. The van der Waals surface area contributed by atoms with Crippen molar-refractivity contribution in [3.63, 3.8) is 0 Å². The number of hydrazone groups is 1. The molecule has 1 N–H and O–H groups in total. The largest absolute Gasteiger partial charge is 0.497 e. The molecule has 0 atom stereocenters. The van der Waals surface area contributed by atoms with Crippen LogP contribution < -0.4 is 10.2 Å². The Morgan fingerprint density at radius 3 is 2.54 bits per heavy atom. The van der Waals surface area contributed by atoms with Gasteiger partial charge in [-0.2, -0.15) is 5.10 Å². The van der Waals surface area contributed by atoms with Gasteiger partial charge in [0.05, 0.1) is 19.0 Å². The molecule has 1 heterocycles. The third-order valence-electron chi connectivity index (χ3n) is 3.24. The molecule has 8 heteroatoms. The molecular formula is C16H14N6O2. The zero-order valence-electron chi connectivity index (χ0n) is 12.8. The summed E-state index contributed by atoms with van der Waals surface area (Å²) < 4.78 is 6.58. The molecule has 0 fully saturated rings. The van der Waals surface area contributed by atoms with E-state index in [0.29, 0.717) is 5.56 Å². The first-order valence-corrected chi connectivity index (χ1v) is 7.07. The van der Waals surface area contributed by atoms with E-state index in [1.54, 1.807) is 37.6 Å². The predicted octanol–water partition coefficient (Wildman–Crippen LogP) is 1.43. The number of methoxy groups -OCH3 is 1. The molecule has 0 saturated heterocycles. The van der Waals surface area contributed by atoms with Gasteiger partial charge in [-0.05, 0) is 64.5 Å². The number of carbonyl (C=O) groups excluding carboxylic acids is 1. The van der Waals surface area contributed by atoms with Gasteiger partial charge in [-0.25, -0.2) is 10.1 Å². The highest BCUT2D eigenvalue weighted by Crippen LogP contribution is 2.10. The van der Waals surface area contributed by atoms with Crippen LogP contribution in [0.2, 0.25) is 0 Å². The van der Waals surface area contributed by atoms with Gasteiger partial charge in [0.1, 0.15) is 12.1 Å². The topological polar surface area (TPSA) is 94.3 Å². The monoisotopic (exact) mass is 322 g/mol. The van der Waals surface area contributed by atoms with E-state index in [-0.39, 0.29) is 5.91 Å². The summed E-state index contributed by atoms with van der Waals surface area (Å²) in [6, 6.07) is 14.2. The van der Waals surface area contributed by atoms with Crippen molar-refractivity contribution in [2.75, 3.05) is 7.11 Å². The summed E-state index contributed by atoms with van der Waals surface area (Å²) in [6.07, 6.45) is 3.04. The van der Waals surface area contributed by atoms with E-state index in [2.05, 4.69) is 26.1 Å². The second-order valence-corrected chi connectivity index (χ2v) is 4.77. The minimum atomic E-state index is -0.303. The van der Waals surface area contributed by atoms with Crippen molar-refractivity contribution in [2.45, 2.75) is 0 Å². The highest BCUT2D eigenvalue weighted by atomic mass is 16.5. The summed E-state index contributed by atoms with van der Waals surface area (Å²) in [5.41, 5.74) is 4.58. The van der Waals surface area contributed by atoms with Gasteiger partial charge in [-0.3, -0.25) is 4.79 Å². The fraction of sp³-hybridized carbons (Fsp3) is 0.0625. The molecule has 1 amide bonds. The van der Waals surface area contributed by atoms with Crippen molar-refractivity contribution in [1.82, 2.24) is 25.6 Å². The molecule has 0 aliphatic carbocycles. The van der Waals surface area contributed by atoms with Crippen molar-refractivity contribution >= 4 is 12.1 Å². The maximum absolute atomic E-state index is 12.0. The van der Waals surface area contributed by atoms with E-state index in [1.165, 1.54) is 11.0 Å². The molecular weight excluding hydrogens is 308 g/mol. The Morgan fingerprint density at radius 2 is 1.92 bits per heavy atom. The lowest BCUT2D eigenvalue weighted by Gasteiger charge is -2.02. The smallest absolute Gasteiger partial charge is 0.271 e. The van der Waals surface area contributed by atoms with Crippen LogP contribution in [0.1, 0.15) is 15.9 Å². The number of carbonyl (C=O) groups is 1. The van der Waals surface area contributed by atoms with Gasteiger partial charge in [0.25, 0.3) is 5.91 Å². The zero-order chi connectivity index (χ0) is 16.8. The third kappa shape index (κ3) is 3.61. The number of benzene rings is 2. The highest BCUT2D eigenvalue weighted by Gasteiger charge is 2.05. The van der Waals surface area contributed by atoms with Crippen LogP contribution in [0.4, 0.5) is 0 Å². The lowest BCUT2D eigenvalue weighted by atomic mass is 10.2. The molecule has 24 heavy (non-hydrogen) atoms. The van der Waals surface area contributed by atoms with Crippen LogP contribution in [0.25, 0.3) is 5.69 Å². The zero-order valence-corrected chi connectivity index (χ0v) is 12.8. The minimum absolute atomic E-state index is 0.303. The molecule has 0 spiro atoms. The maximum Gasteiger partial charge on any atom is 0.271 e. The standard InChI is InChI=1S/C16H14N6O2/c1-24-15-8-2-12(3-9-15)10-17-19-16(23)13-4-6-14(7-5-13)22-11-18-20-21-22/h2-11H,1H3,(H,19,23). The van der Waals surface area contributed by atoms with Crippen molar-refractivity contribution < 1.29 is 9.53 Å². The number of hydrogen-bond donors (Lipinski definition) is 1. The quantitative estimate of drug-likeness (QED) is 0.566. The molecule has 0 saturated carbocycles. The van der Waals surface area contributed by atoms with E-state index in [9.17, 15) is 4.79 Å². The van der Waals surface area contributed by atoms with E-state index < -0.39 is 0 Å². The van der Waals surface area contributed by atoms with E-state index in [0.717, 1.165) is 17.0 Å². The molecule has 0 aliphatic heterocycles. The van der Waals surface area contributed by atoms with E-state index >= 15 is 0 Å². The van der Waals surface area contributed by atoms with Crippen molar-refractivity contribution in [2.24, 2.45) is 5.10 Å². The van der Waals surface area contributed by atoms with E-state index in [4.69, 9.17) is 4.74 Å². The fourth-order valence-corrected chi connectivity index (χ4v) is 1.97. The average molecular weight is 322 g/mol. The van der Waals surface area contributed by atoms with Gasteiger partial charge in [0, 0.05) is 5.56 Å². The van der Waals surface area contributed by atoms with Crippen LogP contribution in [0.3, 0.4) is 0 Å². The van der Waals surface area contributed by atoms with Crippen LogP contribution in [-0.4, -0.2) is 39.4 Å². The molecule has 1 aromatic heterocycles. The first-order valence-electron chi connectivity index (χ1n) is 7.07. The molecule has 0 radical (unpaired) electrons. The van der Waals surface area contributed by atoms with Gasteiger partial charge in [-0.1, -0.05) is 0 Å². The SMILES string of the molecule is COc1ccc(C=NNC(=O)c2ccc(-n3cnnn3)cc2)cc1. The molecule has 0 aliphatic rings. The second-order valence-electron chi connectivity index (χ2n) is 4.77. The number of nitrogens with zero attached hydrogens (tertiary/aromatic N) is 5. The minimum Gasteiger partial charge on any atom is -0.497 e. The Morgan fingerprint density at radius 1 is 1.17 bits per heavy atom. The Bertz CT molecular complexity index is 826. The average Bonchev–Trinajstić information content (AvgIpc) is 3.17. The van der Waals surface area contributed by atoms with Gasteiger partial charge >= 0.3 is 0 Å². The number of tetrazole rings is 1. The molecule has 0 unspecified atom stereocenters. The molecule has 8 nitrogen and oxygen atoms in total. The fourth-order valence-electron chi connectivity index (χ4n) is 1.97. The number of rotatable bonds is 5. The molecule has 3 aromatic rings. The summed E-state index contributed by atoms with van der Waals surface area (Å²) in [5.74, 6) is 0.460. The Balaban J connectivity index is 1.61. The Hall–Kier alpha value is -3.55. The van der Waals surface area contributed by atoms with Crippen LogP contribution in [0, 0.1) is 0 Å². The molecule has 2 aromatic carbocycles. The first-order chi connectivity index (χ1) is 11.8. The number of amides is 1.